The number of hydrogen-bond acceptors (Lipinski definition) is 4. The highest BCUT2D eigenvalue weighted by atomic mass is 15.3. The third-order valence-corrected chi connectivity index (χ3v) is 4.24. The molecule has 2 rings (SSSR count). The number of anilines is 1. The summed E-state index contributed by atoms with van der Waals surface area (Å²) in [5.74, 6) is 2.18. The molecule has 0 spiro atoms. The smallest absolute Gasteiger partial charge is 0.150 e. The quantitative estimate of drug-likeness (QED) is 0.828. The fourth-order valence-corrected chi connectivity index (χ4v) is 2.92. The first-order valence-electron chi connectivity index (χ1n) is 7.87. The molecule has 0 bridgehead atoms. The van der Waals surface area contributed by atoms with E-state index in [0.717, 1.165) is 24.0 Å². The molecular weight excluding hydrogens is 248 g/mol. The molecule has 1 aliphatic rings. The Kier molecular flexibility index (Phi) is 5.35. The lowest BCUT2D eigenvalue weighted by Crippen LogP contribution is -2.40. The molecule has 0 aromatic carbocycles. The average molecular weight is 276 g/mol. The zero-order valence-electron chi connectivity index (χ0n) is 13.3. The molecule has 1 atom stereocenters. The van der Waals surface area contributed by atoms with Gasteiger partial charge in [-0.15, -0.1) is 5.10 Å². The largest absolute Gasteiger partial charge is 0.358 e. The molecule has 0 amide bonds. The van der Waals surface area contributed by atoms with Gasteiger partial charge in [-0.3, -0.25) is 0 Å². The van der Waals surface area contributed by atoms with E-state index < -0.39 is 0 Å². The lowest BCUT2D eigenvalue weighted by atomic mass is 9.97. The Balaban J connectivity index is 1.92. The third-order valence-electron chi connectivity index (χ3n) is 4.24. The van der Waals surface area contributed by atoms with Crippen LogP contribution in [0.2, 0.25) is 0 Å². The summed E-state index contributed by atoms with van der Waals surface area (Å²) in [4.78, 5) is 4.80. The predicted molar refractivity (Wildman–Crippen MR) is 84.2 cm³/mol. The second kappa shape index (κ2) is 7.02. The van der Waals surface area contributed by atoms with E-state index in [-0.39, 0.29) is 0 Å². The Labute approximate surface area is 123 Å². The fourth-order valence-electron chi connectivity index (χ4n) is 2.92. The maximum atomic E-state index is 4.37. The third kappa shape index (κ3) is 3.92. The van der Waals surface area contributed by atoms with Crippen LogP contribution in [0.3, 0.4) is 0 Å². The van der Waals surface area contributed by atoms with Crippen molar-refractivity contribution < 1.29 is 0 Å². The lowest BCUT2D eigenvalue weighted by Gasteiger charge is -2.34. The minimum Gasteiger partial charge on any atom is -0.358 e. The molecule has 0 N–H and O–H groups in total. The summed E-state index contributed by atoms with van der Waals surface area (Å²) in [6.45, 7) is 11.3. The molecule has 0 saturated carbocycles. The van der Waals surface area contributed by atoms with Gasteiger partial charge in [-0.25, -0.2) is 0 Å². The van der Waals surface area contributed by atoms with Gasteiger partial charge in [-0.2, -0.15) is 5.10 Å². The number of piperidine rings is 1. The van der Waals surface area contributed by atoms with Gasteiger partial charge in [0, 0.05) is 20.1 Å². The SMILES string of the molecule is CCN1CCC[C@H](CN(C)c2ccc(C(C)C)nn2)C1. The van der Waals surface area contributed by atoms with Crippen molar-refractivity contribution >= 4 is 5.82 Å². The number of hydrogen-bond donors (Lipinski definition) is 0. The molecule has 0 radical (unpaired) electrons. The Morgan fingerprint density at radius 1 is 1.35 bits per heavy atom. The lowest BCUT2D eigenvalue weighted by molar-refractivity contribution is 0.185. The van der Waals surface area contributed by atoms with Gasteiger partial charge in [0.25, 0.3) is 0 Å². The summed E-state index contributed by atoms with van der Waals surface area (Å²) < 4.78 is 0. The van der Waals surface area contributed by atoms with Crippen LogP contribution in [0, 0.1) is 5.92 Å². The highest BCUT2D eigenvalue weighted by Gasteiger charge is 2.20. The van der Waals surface area contributed by atoms with Crippen LogP contribution < -0.4 is 4.90 Å². The molecule has 0 aliphatic carbocycles. The molecule has 0 unspecified atom stereocenters. The van der Waals surface area contributed by atoms with Crippen molar-refractivity contribution in [1.29, 1.82) is 0 Å². The molecule has 1 saturated heterocycles. The van der Waals surface area contributed by atoms with Gasteiger partial charge in [0.1, 0.15) is 0 Å². The van der Waals surface area contributed by atoms with Crippen molar-refractivity contribution in [3.63, 3.8) is 0 Å². The van der Waals surface area contributed by atoms with Crippen molar-refractivity contribution in [2.75, 3.05) is 38.1 Å². The summed E-state index contributed by atoms with van der Waals surface area (Å²) in [6.07, 6.45) is 2.66. The van der Waals surface area contributed by atoms with Crippen LogP contribution in [-0.2, 0) is 0 Å². The topological polar surface area (TPSA) is 32.3 Å². The average Bonchev–Trinajstić information content (AvgIpc) is 2.47. The van der Waals surface area contributed by atoms with Crippen LogP contribution in [0.25, 0.3) is 0 Å². The summed E-state index contributed by atoms with van der Waals surface area (Å²) in [6, 6.07) is 4.20. The Hall–Kier alpha value is -1.16. The van der Waals surface area contributed by atoms with Crippen molar-refractivity contribution in [3.8, 4) is 0 Å². The van der Waals surface area contributed by atoms with Gasteiger partial charge in [-0.1, -0.05) is 20.8 Å². The number of aromatic nitrogens is 2. The van der Waals surface area contributed by atoms with E-state index in [4.69, 9.17) is 0 Å². The summed E-state index contributed by atoms with van der Waals surface area (Å²) in [7, 11) is 2.13. The van der Waals surface area contributed by atoms with Crippen LogP contribution in [0.1, 0.15) is 45.2 Å². The Bertz CT molecular complexity index is 401. The molecule has 4 heteroatoms. The highest BCUT2D eigenvalue weighted by Crippen LogP contribution is 2.20. The van der Waals surface area contributed by atoms with Crippen LogP contribution in [0.4, 0.5) is 5.82 Å². The standard InChI is InChI=1S/C16H28N4/c1-5-20-10-6-7-14(12-20)11-19(4)16-9-8-15(13(2)3)17-18-16/h8-9,13-14H,5-7,10-12H2,1-4H3/t14-/m1/s1. The Morgan fingerprint density at radius 3 is 2.75 bits per heavy atom. The van der Waals surface area contributed by atoms with E-state index in [0.29, 0.717) is 5.92 Å². The van der Waals surface area contributed by atoms with Crippen molar-refractivity contribution in [2.24, 2.45) is 5.92 Å². The predicted octanol–water partition coefficient (Wildman–Crippen LogP) is 2.77. The van der Waals surface area contributed by atoms with E-state index in [1.54, 1.807) is 0 Å². The molecule has 1 fully saturated rings. The van der Waals surface area contributed by atoms with Gasteiger partial charge in [0.2, 0.25) is 0 Å². The number of likely N-dealkylation sites (tertiary alicyclic amines) is 1. The maximum Gasteiger partial charge on any atom is 0.150 e. The molecule has 1 aromatic rings. The Morgan fingerprint density at radius 2 is 2.15 bits per heavy atom. The van der Waals surface area contributed by atoms with Gasteiger partial charge < -0.3 is 9.80 Å². The van der Waals surface area contributed by atoms with Crippen molar-refractivity contribution in [3.05, 3.63) is 17.8 Å². The molecule has 1 aliphatic heterocycles. The van der Waals surface area contributed by atoms with Crippen molar-refractivity contribution in [1.82, 2.24) is 15.1 Å². The molecule has 1 aromatic heterocycles. The van der Waals surface area contributed by atoms with Crippen molar-refractivity contribution in [2.45, 2.75) is 39.5 Å². The van der Waals surface area contributed by atoms with Gasteiger partial charge >= 0.3 is 0 Å². The minimum atomic E-state index is 0.443. The first-order valence-corrected chi connectivity index (χ1v) is 7.87. The summed E-state index contributed by atoms with van der Waals surface area (Å²) >= 11 is 0. The van der Waals surface area contributed by atoms with Gasteiger partial charge in [0.15, 0.2) is 5.82 Å². The maximum absolute atomic E-state index is 4.37. The first kappa shape index (κ1) is 15.2. The molecule has 2 heterocycles. The van der Waals surface area contributed by atoms with Crippen LogP contribution in [0.5, 0.6) is 0 Å². The molecule has 4 nitrogen and oxygen atoms in total. The summed E-state index contributed by atoms with van der Waals surface area (Å²) in [5, 5.41) is 8.69. The zero-order valence-corrected chi connectivity index (χ0v) is 13.3. The first-order chi connectivity index (χ1) is 9.60. The second-order valence-electron chi connectivity index (χ2n) is 6.25. The zero-order chi connectivity index (χ0) is 14.5. The minimum absolute atomic E-state index is 0.443. The van der Waals surface area contributed by atoms with Crippen LogP contribution in [-0.4, -0.2) is 48.3 Å². The molecule has 20 heavy (non-hydrogen) atoms. The number of nitrogens with zero attached hydrogens (tertiary/aromatic N) is 4. The summed E-state index contributed by atoms with van der Waals surface area (Å²) in [5.41, 5.74) is 1.07. The van der Waals surface area contributed by atoms with Crippen LogP contribution in [0.15, 0.2) is 12.1 Å². The monoisotopic (exact) mass is 276 g/mol. The number of rotatable bonds is 5. The van der Waals surface area contributed by atoms with E-state index >= 15 is 0 Å². The van der Waals surface area contributed by atoms with Crippen LogP contribution >= 0.6 is 0 Å². The fraction of sp³-hybridized carbons (Fsp3) is 0.750. The van der Waals surface area contributed by atoms with Gasteiger partial charge in [-0.05, 0) is 49.9 Å². The molecule has 112 valence electrons. The van der Waals surface area contributed by atoms with E-state index in [1.165, 1.54) is 32.5 Å². The van der Waals surface area contributed by atoms with Gasteiger partial charge in [0.05, 0.1) is 5.69 Å². The van der Waals surface area contributed by atoms with E-state index in [1.807, 2.05) is 0 Å². The normalized spacial score (nSPS) is 20.4. The highest BCUT2D eigenvalue weighted by molar-refractivity contribution is 5.36. The molecular formula is C16H28N4. The van der Waals surface area contributed by atoms with E-state index in [2.05, 4.69) is 59.9 Å². The van der Waals surface area contributed by atoms with E-state index in [9.17, 15) is 0 Å². The second-order valence-corrected chi connectivity index (χ2v) is 6.25.